The van der Waals surface area contributed by atoms with Crippen molar-refractivity contribution in [2.45, 2.75) is 31.4 Å². The Balaban J connectivity index is 1.16. The van der Waals surface area contributed by atoms with Crippen molar-refractivity contribution >= 4 is 39.8 Å². The average Bonchev–Trinajstić information content (AvgIpc) is 3.15. The monoisotopic (exact) mass is 524 g/mol. The number of fused-ring (bicyclic) bond motifs is 1. The molecule has 1 amide bonds. The highest BCUT2D eigenvalue weighted by Crippen LogP contribution is 2.53. The zero-order valence-corrected chi connectivity index (χ0v) is 22.1. The van der Waals surface area contributed by atoms with Gasteiger partial charge in [0.1, 0.15) is 5.82 Å². The Labute approximate surface area is 221 Å². The molecule has 0 radical (unpaired) electrons. The molecule has 1 aromatic carbocycles. The molecule has 10 heteroatoms. The number of hydrogen-bond donors (Lipinski definition) is 2. The summed E-state index contributed by atoms with van der Waals surface area (Å²) >= 11 is 6.70. The second kappa shape index (κ2) is 9.23. The Kier molecular flexibility index (Phi) is 6.14. The van der Waals surface area contributed by atoms with Gasteiger partial charge in [-0.2, -0.15) is 5.10 Å². The summed E-state index contributed by atoms with van der Waals surface area (Å²) in [7, 11) is 1.89. The van der Waals surface area contributed by atoms with E-state index in [1.54, 1.807) is 10.9 Å². The third-order valence-electron chi connectivity index (χ3n) is 8.53. The molecular formula is C27H33ClN6O3. The van der Waals surface area contributed by atoms with Crippen LogP contribution in [0, 0.1) is 11.8 Å². The molecule has 0 unspecified atom stereocenters. The first-order valence-electron chi connectivity index (χ1n) is 12.9. The number of hydrogen-bond acceptors (Lipinski definition) is 7. The predicted molar refractivity (Wildman–Crippen MR) is 143 cm³/mol. The molecule has 1 aliphatic carbocycles. The van der Waals surface area contributed by atoms with Crippen LogP contribution in [0.15, 0.2) is 36.7 Å². The fourth-order valence-electron chi connectivity index (χ4n) is 6.02. The van der Waals surface area contributed by atoms with Crippen LogP contribution in [0.2, 0.25) is 5.02 Å². The fraction of sp³-hybridized carbons (Fsp3) is 0.519. The highest BCUT2D eigenvalue weighted by atomic mass is 35.5. The zero-order valence-electron chi connectivity index (χ0n) is 21.4. The second-order valence-corrected chi connectivity index (χ2v) is 11.3. The molecule has 0 bridgehead atoms. The SMILES string of the molecule is C[C@H]1[C@H](C(=O)Nc2cc3cc(N4CCN([C@]5(C)COC[C@@H]5O)CC4)c(Cl)cc3cn2)[C@H]1c1ccn(C)n1. The molecule has 6 rings (SSSR count). The van der Waals surface area contributed by atoms with Crippen molar-refractivity contribution in [3.63, 3.8) is 0 Å². The number of pyridine rings is 1. The Morgan fingerprint density at radius 1 is 1.22 bits per heavy atom. The van der Waals surface area contributed by atoms with Gasteiger partial charge in [-0.3, -0.25) is 14.4 Å². The Hall–Kier alpha value is -2.72. The van der Waals surface area contributed by atoms with Gasteiger partial charge in [-0.05, 0) is 42.5 Å². The molecule has 3 aromatic rings. The lowest BCUT2D eigenvalue weighted by molar-refractivity contribution is -0.117. The average molecular weight is 525 g/mol. The first-order valence-corrected chi connectivity index (χ1v) is 13.3. The van der Waals surface area contributed by atoms with Gasteiger partial charge in [-0.1, -0.05) is 18.5 Å². The van der Waals surface area contributed by atoms with Crippen LogP contribution in [0.5, 0.6) is 0 Å². The molecule has 4 heterocycles. The fourth-order valence-corrected chi connectivity index (χ4v) is 6.31. The van der Waals surface area contributed by atoms with Crippen LogP contribution in [0.4, 0.5) is 11.5 Å². The zero-order chi connectivity index (χ0) is 25.9. The van der Waals surface area contributed by atoms with Crippen LogP contribution >= 0.6 is 11.6 Å². The summed E-state index contributed by atoms with van der Waals surface area (Å²) in [5.41, 5.74) is 1.59. The number of nitrogens with zero attached hydrogens (tertiary/aromatic N) is 5. The number of carbonyl (C=O) groups excluding carboxylic acids is 1. The maximum absolute atomic E-state index is 13.0. The summed E-state index contributed by atoms with van der Waals surface area (Å²) in [5, 5.41) is 20.5. The summed E-state index contributed by atoms with van der Waals surface area (Å²) < 4.78 is 7.30. The molecule has 2 saturated heterocycles. The second-order valence-electron chi connectivity index (χ2n) is 10.9. The number of anilines is 2. The van der Waals surface area contributed by atoms with Crippen molar-refractivity contribution in [2.24, 2.45) is 18.9 Å². The number of carbonyl (C=O) groups is 1. The van der Waals surface area contributed by atoms with Crippen molar-refractivity contribution in [2.75, 3.05) is 49.6 Å². The largest absolute Gasteiger partial charge is 0.389 e. The predicted octanol–water partition coefficient (Wildman–Crippen LogP) is 2.88. The number of ether oxygens (including phenoxy) is 1. The number of rotatable bonds is 5. The number of aliphatic hydroxyl groups is 1. The molecule has 5 atom stereocenters. The van der Waals surface area contributed by atoms with Crippen molar-refractivity contribution in [1.29, 1.82) is 0 Å². The third kappa shape index (κ3) is 4.37. The lowest BCUT2D eigenvalue weighted by Crippen LogP contribution is -2.60. The van der Waals surface area contributed by atoms with Crippen LogP contribution < -0.4 is 10.2 Å². The molecule has 37 heavy (non-hydrogen) atoms. The van der Waals surface area contributed by atoms with Crippen LogP contribution in [-0.2, 0) is 16.6 Å². The van der Waals surface area contributed by atoms with E-state index in [0.717, 1.165) is 48.3 Å². The van der Waals surface area contributed by atoms with E-state index in [9.17, 15) is 9.90 Å². The highest BCUT2D eigenvalue weighted by molar-refractivity contribution is 6.34. The minimum atomic E-state index is -0.470. The van der Waals surface area contributed by atoms with E-state index in [4.69, 9.17) is 16.3 Å². The number of aliphatic hydroxyl groups excluding tert-OH is 1. The van der Waals surface area contributed by atoms with Gasteiger partial charge in [0.2, 0.25) is 5.91 Å². The minimum absolute atomic E-state index is 0.0214. The number of halogens is 1. The first-order chi connectivity index (χ1) is 17.7. The smallest absolute Gasteiger partial charge is 0.229 e. The lowest BCUT2D eigenvalue weighted by atomic mass is 9.95. The number of amides is 1. The van der Waals surface area contributed by atoms with Crippen molar-refractivity contribution in [3.8, 4) is 0 Å². The molecule has 2 N–H and O–H groups in total. The van der Waals surface area contributed by atoms with E-state index in [0.29, 0.717) is 24.1 Å². The Bertz CT molecular complexity index is 1340. The molecule has 9 nitrogen and oxygen atoms in total. The normalized spacial score (nSPS) is 30.1. The van der Waals surface area contributed by atoms with Crippen LogP contribution in [-0.4, -0.2) is 81.7 Å². The van der Waals surface area contributed by atoms with E-state index >= 15 is 0 Å². The summed E-state index contributed by atoms with van der Waals surface area (Å²) in [6.45, 7) is 8.35. The van der Waals surface area contributed by atoms with Gasteiger partial charge in [-0.25, -0.2) is 4.98 Å². The molecule has 1 saturated carbocycles. The summed E-state index contributed by atoms with van der Waals surface area (Å²) in [5.74, 6) is 0.808. The number of nitrogens with one attached hydrogen (secondary N) is 1. The quantitative estimate of drug-likeness (QED) is 0.530. The third-order valence-corrected chi connectivity index (χ3v) is 8.83. The van der Waals surface area contributed by atoms with Crippen molar-refractivity contribution in [1.82, 2.24) is 19.7 Å². The number of aryl methyl sites for hydroxylation is 1. The number of aromatic nitrogens is 3. The maximum atomic E-state index is 13.0. The molecule has 196 valence electrons. The first kappa shape index (κ1) is 24.6. The van der Waals surface area contributed by atoms with Crippen LogP contribution in [0.3, 0.4) is 0 Å². The molecule has 2 aromatic heterocycles. The minimum Gasteiger partial charge on any atom is -0.389 e. The van der Waals surface area contributed by atoms with Crippen molar-refractivity contribution in [3.05, 3.63) is 47.4 Å². The molecule has 2 aliphatic heterocycles. The van der Waals surface area contributed by atoms with E-state index < -0.39 is 6.10 Å². The Morgan fingerprint density at radius 2 is 2.00 bits per heavy atom. The van der Waals surface area contributed by atoms with E-state index in [-0.39, 0.29) is 29.2 Å². The van der Waals surface area contributed by atoms with Gasteiger partial charge in [0.25, 0.3) is 0 Å². The molecule has 3 fully saturated rings. The summed E-state index contributed by atoms with van der Waals surface area (Å²) in [6, 6.07) is 7.92. The van der Waals surface area contributed by atoms with Crippen molar-refractivity contribution < 1.29 is 14.6 Å². The Morgan fingerprint density at radius 3 is 2.68 bits per heavy atom. The number of piperazine rings is 1. The lowest BCUT2D eigenvalue weighted by Gasteiger charge is -2.45. The van der Waals surface area contributed by atoms with Crippen LogP contribution in [0.1, 0.15) is 25.5 Å². The van der Waals surface area contributed by atoms with E-state index in [1.807, 2.05) is 31.4 Å². The number of benzene rings is 1. The maximum Gasteiger partial charge on any atom is 0.229 e. The summed E-state index contributed by atoms with van der Waals surface area (Å²) in [6.07, 6.45) is 3.20. The molecule has 0 spiro atoms. The van der Waals surface area contributed by atoms with Gasteiger partial charge in [0, 0.05) is 56.9 Å². The topological polar surface area (TPSA) is 95.8 Å². The highest BCUT2D eigenvalue weighted by Gasteiger charge is 2.53. The van der Waals surface area contributed by atoms with E-state index in [2.05, 4.69) is 45.1 Å². The standard InChI is InChI=1S/C27H33ClN6O3/c1-16-24(20-4-5-32(3)31-20)25(16)26(36)30-23-12-17-11-21(19(28)10-18(17)13-29-23)33-6-8-34(9-7-33)27(2)15-37-14-22(27)35/h4-5,10-13,16,22,24-25,35H,6-9,14-15H2,1-3H3,(H,29,30,36)/t16-,22+,24-,25+,27-/m1/s1. The van der Waals surface area contributed by atoms with Gasteiger partial charge in [0.05, 0.1) is 47.2 Å². The van der Waals surface area contributed by atoms with Crippen LogP contribution in [0.25, 0.3) is 10.8 Å². The van der Waals surface area contributed by atoms with Gasteiger partial charge in [-0.15, -0.1) is 0 Å². The van der Waals surface area contributed by atoms with Gasteiger partial charge >= 0.3 is 0 Å². The van der Waals surface area contributed by atoms with Gasteiger partial charge < -0.3 is 20.1 Å². The van der Waals surface area contributed by atoms with E-state index in [1.165, 1.54) is 0 Å². The van der Waals surface area contributed by atoms with Gasteiger partial charge in [0.15, 0.2) is 0 Å². The summed E-state index contributed by atoms with van der Waals surface area (Å²) in [4.78, 5) is 22.1. The molecular weight excluding hydrogens is 492 g/mol. The molecule has 3 aliphatic rings.